The van der Waals surface area contributed by atoms with E-state index in [0.717, 1.165) is 15.8 Å². The number of aromatic nitrogens is 3. The fourth-order valence-corrected chi connectivity index (χ4v) is 2.94. The van der Waals surface area contributed by atoms with E-state index in [1.54, 1.807) is 14.1 Å². The van der Waals surface area contributed by atoms with Gasteiger partial charge in [0.1, 0.15) is 5.76 Å². The molecule has 7 nitrogen and oxygen atoms in total. The Hall–Kier alpha value is -1.61. The maximum atomic E-state index is 11.4. The van der Waals surface area contributed by atoms with Crippen LogP contribution in [0.3, 0.4) is 0 Å². The molecule has 2 heterocycles. The van der Waals surface area contributed by atoms with Crippen molar-refractivity contribution in [3.8, 4) is 0 Å². The summed E-state index contributed by atoms with van der Waals surface area (Å²) in [5.41, 5.74) is 0.855. The number of anilines is 1. The van der Waals surface area contributed by atoms with Gasteiger partial charge in [0.05, 0.1) is 11.4 Å². The Morgan fingerprint density at radius 2 is 2.37 bits per heavy atom. The molecule has 2 rings (SSSR count). The van der Waals surface area contributed by atoms with Gasteiger partial charge in [-0.3, -0.25) is 4.90 Å². The molecule has 0 radical (unpaired) electrons. The van der Waals surface area contributed by atoms with Gasteiger partial charge in [0.2, 0.25) is 5.13 Å². The topological polar surface area (TPSA) is 84.2 Å². The van der Waals surface area contributed by atoms with E-state index in [2.05, 4.69) is 20.7 Å². The number of urea groups is 1. The lowest BCUT2D eigenvalue weighted by molar-refractivity contribution is 0.249. The van der Waals surface area contributed by atoms with Gasteiger partial charge in [-0.1, -0.05) is 28.3 Å². The van der Waals surface area contributed by atoms with E-state index in [9.17, 15) is 4.79 Å². The number of thioether (sulfide) groups is 1. The molecular weight excluding hydrogens is 286 g/mol. The first kappa shape index (κ1) is 13.8. The summed E-state index contributed by atoms with van der Waals surface area (Å²) in [6, 6.07) is 1.66. The van der Waals surface area contributed by atoms with Crippen molar-refractivity contribution < 1.29 is 9.32 Å². The predicted molar refractivity (Wildman–Crippen MR) is 73.6 cm³/mol. The SMILES string of the molecule is CNC(=O)N(C)c1nnc(SCc2cc(C)no2)s1. The molecule has 9 heteroatoms. The molecule has 2 aromatic heterocycles. The van der Waals surface area contributed by atoms with Gasteiger partial charge in [-0.25, -0.2) is 4.79 Å². The molecule has 0 fully saturated rings. The van der Waals surface area contributed by atoms with Gasteiger partial charge >= 0.3 is 6.03 Å². The minimum absolute atomic E-state index is 0.224. The summed E-state index contributed by atoms with van der Waals surface area (Å²) >= 11 is 2.85. The van der Waals surface area contributed by atoms with Gasteiger partial charge in [-0.05, 0) is 6.92 Å². The highest BCUT2D eigenvalue weighted by molar-refractivity contribution is 8.00. The first-order chi connectivity index (χ1) is 9.10. The van der Waals surface area contributed by atoms with E-state index in [1.165, 1.54) is 28.0 Å². The van der Waals surface area contributed by atoms with Crippen LogP contribution in [0.15, 0.2) is 14.9 Å². The average Bonchev–Trinajstić information content (AvgIpc) is 3.03. The van der Waals surface area contributed by atoms with Crippen LogP contribution in [0.5, 0.6) is 0 Å². The summed E-state index contributed by atoms with van der Waals surface area (Å²) in [6.07, 6.45) is 0. The van der Waals surface area contributed by atoms with Crippen LogP contribution in [-0.4, -0.2) is 35.5 Å². The summed E-state index contributed by atoms with van der Waals surface area (Å²) in [5, 5.41) is 14.9. The molecule has 1 N–H and O–H groups in total. The molecule has 2 aromatic rings. The zero-order chi connectivity index (χ0) is 13.8. The van der Waals surface area contributed by atoms with Crippen molar-refractivity contribution in [3.63, 3.8) is 0 Å². The zero-order valence-corrected chi connectivity index (χ0v) is 12.3. The third-order valence-corrected chi connectivity index (χ3v) is 4.37. The Labute approximate surface area is 118 Å². The van der Waals surface area contributed by atoms with Gasteiger partial charge in [-0.2, -0.15) is 0 Å². The van der Waals surface area contributed by atoms with Gasteiger partial charge in [0, 0.05) is 20.2 Å². The average molecular weight is 299 g/mol. The van der Waals surface area contributed by atoms with Crippen LogP contribution < -0.4 is 10.2 Å². The lowest BCUT2D eigenvalue weighted by Crippen LogP contribution is -2.34. The van der Waals surface area contributed by atoms with Crippen molar-refractivity contribution in [3.05, 3.63) is 17.5 Å². The lowest BCUT2D eigenvalue weighted by atomic mass is 10.4. The molecule has 2 amide bonds. The number of carbonyl (C=O) groups excluding carboxylic acids is 1. The van der Waals surface area contributed by atoms with Crippen LogP contribution in [0.2, 0.25) is 0 Å². The van der Waals surface area contributed by atoms with Crippen molar-refractivity contribution in [2.24, 2.45) is 0 Å². The third-order valence-electron chi connectivity index (χ3n) is 2.22. The second kappa shape index (κ2) is 6.02. The van der Waals surface area contributed by atoms with E-state index in [0.29, 0.717) is 10.9 Å². The summed E-state index contributed by atoms with van der Waals surface area (Å²) in [7, 11) is 3.22. The van der Waals surface area contributed by atoms with E-state index in [1.807, 2.05) is 13.0 Å². The number of nitrogens with zero attached hydrogens (tertiary/aromatic N) is 4. The molecule has 0 unspecified atom stereocenters. The molecule has 0 saturated heterocycles. The number of hydrogen-bond acceptors (Lipinski definition) is 7. The monoisotopic (exact) mass is 299 g/mol. The fraction of sp³-hybridized carbons (Fsp3) is 0.400. The molecule has 19 heavy (non-hydrogen) atoms. The minimum Gasteiger partial charge on any atom is -0.360 e. The van der Waals surface area contributed by atoms with Crippen molar-refractivity contribution in [2.75, 3.05) is 19.0 Å². The first-order valence-corrected chi connectivity index (χ1v) is 7.24. The number of nitrogens with one attached hydrogen (secondary N) is 1. The summed E-state index contributed by atoms with van der Waals surface area (Å²) < 4.78 is 5.88. The van der Waals surface area contributed by atoms with E-state index in [4.69, 9.17) is 4.52 Å². The molecule has 0 spiro atoms. The Morgan fingerprint density at radius 3 is 3.00 bits per heavy atom. The van der Waals surface area contributed by atoms with Gasteiger partial charge < -0.3 is 9.84 Å². The number of rotatable bonds is 4. The van der Waals surface area contributed by atoms with Crippen molar-refractivity contribution in [2.45, 2.75) is 17.0 Å². The Kier molecular flexibility index (Phi) is 4.38. The van der Waals surface area contributed by atoms with E-state index in [-0.39, 0.29) is 6.03 Å². The van der Waals surface area contributed by atoms with Crippen molar-refractivity contribution in [1.29, 1.82) is 0 Å². The van der Waals surface area contributed by atoms with Crippen LogP contribution in [0.1, 0.15) is 11.5 Å². The zero-order valence-electron chi connectivity index (χ0n) is 10.7. The Morgan fingerprint density at radius 1 is 1.58 bits per heavy atom. The molecule has 0 aliphatic heterocycles. The van der Waals surface area contributed by atoms with Crippen LogP contribution in [0, 0.1) is 6.92 Å². The molecule has 0 saturated carbocycles. The lowest BCUT2D eigenvalue weighted by Gasteiger charge is -2.10. The molecule has 0 aromatic carbocycles. The largest absolute Gasteiger partial charge is 0.360 e. The number of aryl methyl sites for hydroxylation is 1. The highest BCUT2D eigenvalue weighted by atomic mass is 32.2. The quantitative estimate of drug-likeness (QED) is 0.685. The second-order valence-electron chi connectivity index (χ2n) is 3.69. The summed E-state index contributed by atoms with van der Waals surface area (Å²) in [5.74, 6) is 1.43. The van der Waals surface area contributed by atoms with E-state index < -0.39 is 0 Å². The van der Waals surface area contributed by atoms with Gasteiger partial charge in [-0.15, -0.1) is 10.2 Å². The van der Waals surface area contributed by atoms with Crippen molar-refractivity contribution >= 4 is 34.3 Å². The number of carbonyl (C=O) groups is 1. The second-order valence-corrected chi connectivity index (χ2v) is 5.87. The maximum Gasteiger partial charge on any atom is 0.323 e. The van der Waals surface area contributed by atoms with Crippen LogP contribution >= 0.6 is 23.1 Å². The normalized spacial score (nSPS) is 10.5. The standard InChI is InChI=1S/C10H13N5O2S2/c1-6-4-7(17-14-6)5-18-10-13-12-9(19-10)15(3)8(16)11-2/h4H,5H2,1-3H3,(H,11,16). The Balaban J connectivity index is 1.95. The predicted octanol–water partition coefficient (Wildman–Crippen LogP) is 1.90. The summed E-state index contributed by atoms with van der Waals surface area (Å²) in [6.45, 7) is 1.87. The first-order valence-electron chi connectivity index (χ1n) is 5.44. The minimum atomic E-state index is -0.224. The number of hydrogen-bond donors (Lipinski definition) is 1. The Bertz CT molecular complexity index is 568. The molecule has 0 bridgehead atoms. The molecule has 0 atom stereocenters. The van der Waals surface area contributed by atoms with Crippen LogP contribution in [-0.2, 0) is 5.75 Å². The molecule has 0 aliphatic rings. The fourth-order valence-electron chi connectivity index (χ4n) is 1.27. The van der Waals surface area contributed by atoms with Gasteiger partial charge in [0.25, 0.3) is 0 Å². The van der Waals surface area contributed by atoms with Crippen LogP contribution in [0.4, 0.5) is 9.93 Å². The highest BCUT2D eigenvalue weighted by Gasteiger charge is 2.14. The third kappa shape index (κ3) is 3.44. The number of amides is 2. The molecular formula is C10H13N5O2S2. The molecule has 102 valence electrons. The van der Waals surface area contributed by atoms with E-state index >= 15 is 0 Å². The van der Waals surface area contributed by atoms with Gasteiger partial charge in [0.15, 0.2) is 4.34 Å². The smallest absolute Gasteiger partial charge is 0.323 e. The molecule has 0 aliphatic carbocycles. The highest BCUT2D eigenvalue weighted by Crippen LogP contribution is 2.29. The van der Waals surface area contributed by atoms with Crippen molar-refractivity contribution in [1.82, 2.24) is 20.7 Å². The van der Waals surface area contributed by atoms with Crippen LogP contribution in [0.25, 0.3) is 0 Å². The summed E-state index contributed by atoms with van der Waals surface area (Å²) in [4.78, 5) is 12.8. The maximum absolute atomic E-state index is 11.4.